The zero-order chi connectivity index (χ0) is 13.7. The highest BCUT2D eigenvalue weighted by Crippen LogP contribution is 2.26. The third-order valence-corrected chi connectivity index (χ3v) is 3.74. The fourth-order valence-corrected chi connectivity index (χ4v) is 2.32. The van der Waals surface area contributed by atoms with E-state index in [4.69, 9.17) is 23.2 Å². The average molecular weight is 300 g/mol. The normalized spacial score (nSPS) is 12.6. The molecule has 1 aromatic heterocycles. The van der Waals surface area contributed by atoms with Crippen molar-refractivity contribution >= 4 is 23.2 Å². The van der Waals surface area contributed by atoms with Crippen molar-refractivity contribution in [3.63, 3.8) is 0 Å². The van der Waals surface area contributed by atoms with Crippen LogP contribution in [0.3, 0.4) is 0 Å². The molecule has 0 aliphatic rings. The van der Waals surface area contributed by atoms with Gasteiger partial charge in [0, 0.05) is 0 Å². The molecule has 1 aromatic carbocycles. The van der Waals surface area contributed by atoms with Gasteiger partial charge in [0.05, 0.1) is 22.7 Å². The summed E-state index contributed by atoms with van der Waals surface area (Å²) in [5.74, 6) is 0. The number of nitrogens with zero attached hydrogens (tertiary/aromatic N) is 3. The van der Waals surface area contributed by atoms with E-state index in [1.165, 1.54) is 6.33 Å². The first-order valence-electron chi connectivity index (χ1n) is 6.10. The zero-order valence-electron chi connectivity index (χ0n) is 10.3. The van der Waals surface area contributed by atoms with Gasteiger partial charge in [0.25, 0.3) is 0 Å². The number of hydrogen-bond donors (Lipinski definition) is 1. The molecule has 0 bridgehead atoms. The Hall–Kier alpha value is -1.10. The fraction of sp³-hybridized carbons (Fsp3) is 0.385. The van der Waals surface area contributed by atoms with E-state index >= 15 is 0 Å². The zero-order valence-corrected chi connectivity index (χ0v) is 11.8. The molecule has 19 heavy (non-hydrogen) atoms. The van der Waals surface area contributed by atoms with Crippen LogP contribution < -0.4 is 0 Å². The molecule has 0 saturated heterocycles. The van der Waals surface area contributed by atoms with Crippen LogP contribution >= 0.6 is 23.2 Å². The molecular weight excluding hydrogens is 285 g/mol. The summed E-state index contributed by atoms with van der Waals surface area (Å²) < 4.78 is 1.62. The maximum atomic E-state index is 9.88. The molecule has 0 radical (unpaired) electrons. The van der Waals surface area contributed by atoms with Gasteiger partial charge in [-0.2, -0.15) is 5.10 Å². The van der Waals surface area contributed by atoms with Crippen molar-refractivity contribution < 1.29 is 5.11 Å². The molecule has 102 valence electrons. The van der Waals surface area contributed by atoms with E-state index < -0.39 is 6.10 Å². The van der Waals surface area contributed by atoms with Crippen molar-refractivity contribution in [2.75, 3.05) is 0 Å². The maximum Gasteiger partial charge on any atom is 0.137 e. The van der Waals surface area contributed by atoms with Crippen LogP contribution in [-0.2, 0) is 13.0 Å². The van der Waals surface area contributed by atoms with Crippen LogP contribution in [0.25, 0.3) is 0 Å². The minimum absolute atomic E-state index is 0.431. The second-order valence-electron chi connectivity index (χ2n) is 4.38. The molecule has 1 unspecified atom stereocenters. The second-order valence-corrected chi connectivity index (χ2v) is 5.16. The Balaban J connectivity index is 1.78. The molecular formula is C13H15Cl2N3O. The van der Waals surface area contributed by atoms with Crippen molar-refractivity contribution in [2.24, 2.45) is 0 Å². The number of halogens is 2. The van der Waals surface area contributed by atoms with Gasteiger partial charge in [-0.25, -0.2) is 4.98 Å². The third-order valence-electron chi connectivity index (χ3n) is 2.88. The highest BCUT2D eigenvalue weighted by molar-refractivity contribution is 6.42. The summed E-state index contributed by atoms with van der Waals surface area (Å²) in [7, 11) is 0. The Morgan fingerprint density at radius 2 is 2.16 bits per heavy atom. The van der Waals surface area contributed by atoms with E-state index in [0.717, 1.165) is 18.4 Å². The van der Waals surface area contributed by atoms with Crippen LogP contribution in [0.15, 0.2) is 30.9 Å². The van der Waals surface area contributed by atoms with Gasteiger partial charge in [0.15, 0.2) is 0 Å². The lowest BCUT2D eigenvalue weighted by molar-refractivity contribution is 0.137. The van der Waals surface area contributed by atoms with Gasteiger partial charge in [-0.3, -0.25) is 4.68 Å². The van der Waals surface area contributed by atoms with E-state index in [1.54, 1.807) is 17.1 Å². The van der Waals surface area contributed by atoms with E-state index in [2.05, 4.69) is 10.1 Å². The first-order valence-corrected chi connectivity index (χ1v) is 6.86. The molecule has 0 aliphatic carbocycles. The Morgan fingerprint density at radius 1 is 1.32 bits per heavy atom. The highest BCUT2D eigenvalue weighted by Gasteiger charge is 2.08. The van der Waals surface area contributed by atoms with Crippen molar-refractivity contribution in [1.82, 2.24) is 14.8 Å². The van der Waals surface area contributed by atoms with Crippen LogP contribution in [-0.4, -0.2) is 26.0 Å². The molecule has 0 amide bonds. The number of aliphatic hydroxyl groups is 1. The summed E-state index contributed by atoms with van der Waals surface area (Å²) in [4.78, 5) is 3.83. The molecule has 2 aromatic rings. The van der Waals surface area contributed by atoms with Gasteiger partial charge in [-0.1, -0.05) is 35.3 Å². The fourth-order valence-electron chi connectivity index (χ4n) is 1.90. The lowest BCUT2D eigenvalue weighted by Gasteiger charge is -2.11. The number of rotatable bonds is 6. The van der Waals surface area contributed by atoms with Crippen LogP contribution in [0.5, 0.6) is 0 Å². The van der Waals surface area contributed by atoms with Crippen molar-refractivity contribution in [2.45, 2.75) is 31.9 Å². The van der Waals surface area contributed by atoms with Gasteiger partial charge in [-0.15, -0.1) is 0 Å². The molecule has 2 rings (SSSR count). The summed E-state index contributed by atoms with van der Waals surface area (Å²) in [6, 6.07) is 5.61. The summed E-state index contributed by atoms with van der Waals surface area (Å²) in [6.07, 6.45) is 4.95. The molecule has 0 saturated carbocycles. The van der Waals surface area contributed by atoms with Crippen molar-refractivity contribution in [3.8, 4) is 0 Å². The van der Waals surface area contributed by atoms with Gasteiger partial charge in [-0.05, 0) is 30.9 Å². The number of aryl methyl sites for hydroxylation is 1. The molecule has 0 spiro atoms. The second kappa shape index (κ2) is 6.89. The van der Waals surface area contributed by atoms with E-state index in [9.17, 15) is 5.11 Å². The number of benzene rings is 1. The van der Waals surface area contributed by atoms with E-state index in [-0.39, 0.29) is 0 Å². The van der Waals surface area contributed by atoms with Gasteiger partial charge in [0.2, 0.25) is 0 Å². The SMILES string of the molecule is OC(CCCc1cccc(Cl)c1Cl)Cn1cncn1. The average Bonchev–Trinajstić information content (AvgIpc) is 2.87. The smallest absolute Gasteiger partial charge is 0.137 e. The molecule has 6 heteroatoms. The quantitative estimate of drug-likeness (QED) is 0.892. The summed E-state index contributed by atoms with van der Waals surface area (Å²) in [5, 5.41) is 15.0. The predicted octanol–water partition coefficient (Wildman–Crippen LogP) is 2.97. The summed E-state index contributed by atoms with van der Waals surface area (Å²) in [5.41, 5.74) is 1.02. The molecule has 0 fully saturated rings. The Labute approximate surface area is 122 Å². The summed E-state index contributed by atoms with van der Waals surface area (Å²) >= 11 is 12.1. The van der Waals surface area contributed by atoms with Crippen LogP contribution in [0.1, 0.15) is 18.4 Å². The maximum absolute atomic E-state index is 9.88. The van der Waals surface area contributed by atoms with E-state index in [0.29, 0.717) is 23.0 Å². The Kier molecular flexibility index (Phi) is 5.19. The third kappa shape index (κ3) is 4.20. The molecule has 1 N–H and O–H groups in total. The largest absolute Gasteiger partial charge is 0.391 e. The highest BCUT2D eigenvalue weighted by atomic mass is 35.5. The van der Waals surface area contributed by atoms with Crippen molar-refractivity contribution in [1.29, 1.82) is 0 Å². The van der Waals surface area contributed by atoms with Crippen LogP contribution in [0.4, 0.5) is 0 Å². The van der Waals surface area contributed by atoms with Crippen LogP contribution in [0, 0.1) is 0 Å². The number of hydrogen-bond acceptors (Lipinski definition) is 3. The molecule has 0 aliphatic heterocycles. The Bertz CT molecular complexity index is 517. The lowest BCUT2D eigenvalue weighted by atomic mass is 10.1. The number of aromatic nitrogens is 3. The standard InChI is InChI=1S/C13H15Cl2N3O/c14-12-6-2-4-10(13(12)15)3-1-5-11(19)7-18-9-16-8-17-18/h2,4,6,8-9,11,19H,1,3,5,7H2. The monoisotopic (exact) mass is 299 g/mol. The van der Waals surface area contributed by atoms with Crippen LogP contribution in [0.2, 0.25) is 10.0 Å². The van der Waals surface area contributed by atoms with Gasteiger partial charge < -0.3 is 5.11 Å². The van der Waals surface area contributed by atoms with Crippen molar-refractivity contribution in [3.05, 3.63) is 46.5 Å². The van der Waals surface area contributed by atoms with Gasteiger partial charge in [0.1, 0.15) is 12.7 Å². The topological polar surface area (TPSA) is 50.9 Å². The minimum atomic E-state index is -0.431. The molecule has 4 nitrogen and oxygen atoms in total. The first kappa shape index (κ1) is 14.3. The molecule has 1 heterocycles. The first-order chi connectivity index (χ1) is 9.16. The summed E-state index contributed by atoms with van der Waals surface area (Å²) in [6.45, 7) is 0.462. The predicted molar refractivity (Wildman–Crippen MR) is 75.4 cm³/mol. The number of aliphatic hydroxyl groups excluding tert-OH is 1. The van der Waals surface area contributed by atoms with E-state index in [1.807, 2.05) is 12.1 Å². The minimum Gasteiger partial charge on any atom is -0.391 e. The Morgan fingerprint density at radius 3 is 2.89 bits per heavy atom. The van der Waals surface area contributed by atoms with Gasteiger partial charge >= 0.3 is 0 Å². The molecule has 1 atom stereocenters. The lowest BCUT2D eigenvalue weighted by Crippen LogP contribution is -2.16.